The van der Waals surface area contributed by atoms with Crippen molar-refractivity contribution < 1.29 is 81.5 Å². The number of amides is 7. The molecule has 4 atom stereocenters. The molecule has 0 spiro atoms. The number of anilines is 1. The van der Waals surface area contributed by atoms with Crippen molar-refractivity contribution >= 4 is 76.2 Å². The molecule has 5 aliphatic rings. The topological polar surface area (TPSA) is 348 Å². The predicted molar refractivity (Wildman–Crippen MR) is 320 cm³/mol. The zero-order valence-electron chi connectivity index (χ0n) is 51.3. The summed E-state index contributed by atoms with van der Waals surface area (Å²) in [4.78, 5) is 152. The molecule has 0 bridgehead atoms. The summed E-state index contributed by atoms with van der Waals surface area (Å²) in [5, 5.41) is 23.4. The average molecular weight is 1250 g/mol. The number of nitrogens with one attached hydrogen (secondary N) is 5. The quantitative estimate of drug-likeness (QED) is 0.0271. The molecule has 0 unspecified atom stereocenters. The van der Waals surface area contributed by atoms with Gasteiger partial charge in [-0.2, -0.15) is 0 Å². The zero-order chi connectivity index (χ0) is 64.8. The van der Waals surface area contributed by atoms with Crippen LogP contribution in [0.5, 0.6) is 11.5 Å². The van der Waals surface area contributed by atoms with Crippen LogP contribution in [0.3, 0.4) is 0 Å². The Balaban J connectivity index is 0.835. The third kappa shape index (κ3) is 15.2. The molecular weight excluding hydrogens is 1170 g/mol. The first kappa shape index (κ1) is 65.1. The highest BCUT2D eigenvalue weighted by molar-refractivity contribution is 6.13. The summed E-state index contributed by atoms with van der Waals surface area (Å²) in [6.45, 7) is 13.9. The lowest BCUT2D eigenvalue weighted by Crippen LogP contribution is -2.55. The van der Waals surface area contributed by atoms with Gasteiger partial charge in [-0.3, -0.25) is 48.2 Å². The molecule has 9 rings (SSSR count). The fourth-order valence-electron chi connectivity index (χ4n) is 11.5. The van der Waals surface area contributed by atoms with Crippen molar-refractivity contribution in [1.82, 2.24) is 40.6 Å². The molecule has 0 saturated carbocycles. The molecule has 7 heterocycles. The molecule has 1 saturated heterocycles. The number of likely N-dealkylation sites (tertiary alicyclic amines) is 1. The Morgan fingerprint density at radius 2 is 1.53 bits per heavy atom. The van der Waals surface area contributed by atoms with E-state index in [2.05, 4.69) is 31.5 Å². The normalized spacial score (nSPS) is 17.8. The van der Waals surface area contributed by atoms with Gasteiger partial charge in [0.05, 0.1) is 29.0 Å². The fraction of sp³-hybridized carbons (Fsp3) is 0.492. The van der Waals surface area contributed by atoms with E-state index in [1.165, 1.54) is 31.2 Å². The van der Waals surface area contributed by atoms with Crippen molar-refractivity contribution in [1.29, 1.82) is 0 Å². The first-order chi connectivity index (χ1) is 42.8. The van der Waals surface area contributed by atoms with Gasteiger partial charge in [-0.25, -0.2) is 19.4 Å². The van der Waals surface area contributed by atoms with Crippen LogP contribution in [0.25, 0.3) is 22.3 Å². The number of cyclic esters (lactones) is 1. The third-order valence-electron chi connectivity index (χ3n) is 16.3. The Bertz CT molecular complexity index is 3590. The number of alkyl carbamates (subject to hydrolysis) is 1. The first-order valence-electron chi connectivity index (χ1n) is 30.1. The second-order valence-corrected chi connectivity index (χ2v) is 24.4. The number of aliphatic carboxylic acids is 1. The van der Waals surface area contributed by atoms with Crippen LogP contribution in [0, 0.1) is 11.8 Å². The number of ether oxygens (including phenoxy) is 6. The highest BCUT2D eigenvalue weighted by Gasteiger charge is 2.51. The van der Waals surface area contributed by atoms with Crippen LogP contribution < -0.4 is 41.6 Å². The largest absolute Gasteiger partial charge is 0.510 e. The minimum absolute atomic E-state index is 0.0489. The smallest absolute Gasteiger partial charge is 0.481 e. The van der Waals surface area contributed by atoms with Crippen molar-refractivity contribution in [2.45, 2.75) is 155 Å². The Kier molecular flexibility index (Phi) is 19.9. The van der Waals surface area contributed by atoms with Crippen LogP contribution in [0.1, 0.15) is 128 Å². The maximum Gasteiger partial charge on any atom is 0.510 e. The lowest BCUT2D eigenvalue weighted by molar-refractivity contribution is -0.175. The van der Waals surface area contributed by atoms with Crippen molar-refractivity contribution in [3.63, 3.8) is 0 Å². The van der Waals surface area contributed by atoms with Crippen LogP contribution in [0.4, 0.5) is 15.3 Å². The number of carbonyl (C=O) groups excluding carboxylic acids is 9. The lowest BCUT2D eigenvalue weighted by atomic mass is 9.85. The molecule has 2 aromatic heterocycles. The van der Waals surface area contributed by atoms with E-state index in [-0.39, 0.29) is 81.5 Å². The van der Waals surface area contributed by atoms with Crippen LogP contribution >= 0.6 is 0 Å². The molecule has 7 amide bonds. The monoisotopic (exact) mass is 1250 g/mol. The molecule has 480 valence electrons. The van der Waals surface area contributed by atoms with E-state index in [1.807, 2.05) is 46.8 Å². The molecule has 27 heteroatoms. The molecule has 6 N–H and O–H groups in total. The molecule has 1 fully saturated rings. The van der Waals surface area contributed by atoms with E-state index in [1.54, 1.807) is 17.6 Å². The van der Waals surface area contributed by atoms with Gasteiger partial charge >= 0.3 is 24.2 Å². The van der Waals surface area contributed by atoms with Crippen molar-refractivity contribution in [3.8, 4) is 22.9 Å². The minimum Gasteiger partial charge on any atom is -0.481 e. The second-order valence-electron chi connectivity index (χ2n) is 24.4. The highest BCUT2D eigenvalue weighted by atomic mass is 16.7. The van der Waals surface area contributed by atoms with E-state index in [0.29, 0.717) is 53.0 Å². The SMILES string of the molecule is CC[C@@]1(OC(=O)OCc2ccc(NC(=O)[C@H](CCC(=O)O)NC(=O)[C@H](C)NC(=O)[C@@H](CC(C)C)NC(=O)CCN3C(=O)C=CC3=O)cc2)C(=O)OCc2c1cc1n(c2=O)Cc2c-1nc1cc3c(cc1c2CN1CCC(CCNC(=O)OC(C)(C)C)CC1)OCO3. The molecular formula is C63H75N9O18. The first-order valence-corrected chi connectivity index (χ1v) is 30.1. The van der Waals surface area contributed by atoms with Crippen LogP contribution in [-0.4, -0.2) is 141 Å². The number of carboxylic acids is 1. The van der Waals surface area contributed by atoms with E-state index in [9.17, 15) is 57.8 Å². The van der Waals surface area contributed by atoms with Gasteiger partial charge in [0.15, 0.2) is 11.5 Å². The van der Waals surface area contributed by atoms with Crippen LogP contribution in [-0.2, 0) is 89.2 Å². The molecule has 5 aliphatic heterocycles. The van der Waals surface area contributed by atoms with E-state index >= 15 is 0 Å². The van der Waals surface area contributed by atoms with Gasteiger partial charge in [0.2, 0.25) is 36.0 Å². The molecule has 0 radical (unpaired) electrons. The van der Waals surface area contributed by atoms with Gasteiger partial charge in [-0.1, -0.05) is 32.9 Å². The minimum atomic E-state index is -2.10. The summed E-state index contributed by atoms with van der Waals surface area (Å²) in [7, 11) is 0. The van der Waals surface area contributed by atoms with Crippen LogP contribution in [0.15, 0.2) is 59.4 Å². The standard InChI is InChI=1S/C63H75N9O18/c1-8-63(90-61(84)86-31-37-9-11-38(12-10-37)66-56(79)44(13-16-53(76)77)69-55(78)35(4)65-57(80)46(25-34(2)3)67-50(73)20-24-71-51(74)14-15-52(71)75)43-27-47-54-41(30-72(47)58(81)42(43)32-85-59(63)82)40(39-26-48-49(88-33-87-48)28-45(39)68-54)29-70-22-18-36(19-23-70)17-21-64-60(83)89-62(5,6)7/h9-12,14-15,26-28,34-36,44,46H,8,13,16-25,29-33H2,1-7H3,(H,64,83)(H,65,80)(H,66,79)(H,67,73)(H,69,78)(H,76,77)/t35-,44-,46+,63-/m0/s1. The lowest BCUT2D eigenvalue weighted by Gasteiger charge is -2.35. The van der Waals surface area contributed by atoms with E-state index < -0.39 is 101 Å². The van der Waals surface area contributed by atoms with Gasteiger partial charge in [-0.15, -0.1) is 0 Å². The van der Waals surface area contributed by atoms with Gasteiger partial charge in [-0.05, 0) is 127 Å². The number of piperidine rings is 1. The zero-order valence-corrected chi connectivity index (χ0v) is 51.3. The Hall–Kier alpha value is -9.40. The fourth-order valence-corrected chi connectivity index (χ4v) is 11.5. The number of carbonyl (C=O) groups is 10. The maximum atomic E-state index is 14.7. The number of esters is 1. The number of hydrogen-bond donors (Lipinski definition) is 6. The molecule has 27 nitrogen and oxygen atoms in total. The Labute approximate surface area is 517 Å². The van der Waals surface area contributed by atoms with Gasteiger partial charge in [0.1, 0.15) is 36.9 Å². The number of benzene rings is 2. The summed E-state index contributed by atoms with van der Waals surface area (Å²) in [6.07, 6.45) is 2.00. The maximum absolute atomic E-state index is 14.7. The third-order valence-corrected chi connectivity index (χ3v) is 16.3. The number of nitrogens with zero attached hydrogens (tertiary/aromatic N) is 4. The molecule has 0 aliphatic carbocycles. The van der Waals surface area contributed by atoms with Crippen molar-refractivity contribution in [3.05, 3.63) is 92.8 Å². The summed E-state index contributed by atoms with van der Waals surface area (Å²) >= 11 is 0. The predicted octanol–water partition coefficient (Wildman–Crippen LogP) is 4.94. The molecule has 4 aromatic rings. The Morgan fingerprint density at radius 1 is 0.833 bits per heavy atom. The van der Waals surface area contributed by atoms with Crippen LogP contribution in [0.2, 0.25) is 0 Å². The number of carboxylic acid groups (broad SMARTS) is 1. The number of pyridine rings is 2. The van der Waals surface area contributed by atoms with E-state index in [4.69, 9.17) is 33.4 Å². The number of fused-ring (bicyclic) bond motifs is 6. The van der Waals surface area contributed by atoms with Crippen molar-refractivity contribution in [2.24, 2.45) is 11.8 Å². The highest BCUT2D eigenvalue weighted by Crippen LogP contribution is 2.45. The number of imide groups is 1. The summed E-state index contributed by atoms with van der Waals surface area (Å²) in [5.74, 6) is -4.85. The number of hydrogen-bond acceptors (Lipinski definition) is 19. The summed E-state index contributed by atoms with van der Waals surface area (Å²) in [5.41, 5.74) is 1.03. The van der Waals surface area contributed by atoms with Crippen molar-refractivity contribution in [2.75, 3.05) is 38.3 Å². The number of aromatic nitrogens is 2. The van der Waals surface area contributed by atoms with Gasteiger partial charge < -0.3 is 64.7 Å². The van der Waals surface area contributed by atoms with E-state index in [0.717, 1.165) is 65.9 Å². The average Bonchev–Trinajstić information content (AvgIpc) is 1.46. The molecule has 2 aromatic carbocycles. The van der Waals surface area contributed by atoms with Gasteiger partial charge in [0, 0.05) is 72.9 Å². The second kappa shape index (κ2) is 27.6. The summed E-state index contributed by atoms with van der Waals surface area (Å²) in [6, 6.07) is 7.57. The molecule has 90 heavy (non-hydrogen) atoms. The summed E-state index contributed by atoms with van der Waals surface area (Å²) < 4.78 is 35.6. The number of rotatable bonds is 24. The Morgan fingerprint density at radius 3 is 2.20 bits per heavy atom. The van der Waals surface area contributed by atoms with Gasteiger partial charge in [0.25, 0.3) is 17.4 Å².